The Kier molecular flexibility index (Phi) is 4.21. The summed E-state index contributed by atoms with van der Waals surface area (Å²) in [7, 11) is 1.85. The van der Waals surface area contributed by atoms with Crippen molar-refractivity contribution in [1.29, 1.82) is 0 Å². The van der Waals surface area contributed by atoms with Gasteiger partial charge in [0.05, 0.1) is 5.41 Å². The molecule has 3 fully saturated rings. The van der Waals surface area contributed by atoms with E-state index in [1.54, 1.807) is 21.9 Å². The van der Waals surface area contributed by atoms with E-state index in [4.69, 9.17) is 0 Å². The number of carbonyl (C=O) groups excluding carboxylic acids is 3. The fraction of sp³-hybridized carbons (Fsp3) is 0.550. The standard InChI is InChI=1S/C20H25N3O3/c1-21-11-3-9-20(19(21)26)10-13-22(14-20)18(25)15-5-7-16(8-6-15)23-12-2-4-17(23)24/h5-8H,2-4,9-14H2,1H3. The molecular weight excluding hydrogens is 330 g/mol. The first-order valence-corrected chi connectivity index (χ1v) is 9.45. The Balaban J connectivity index is 1.46. The summed E-state index contributed by atoms with van der Waals surface area (Å²) in [6.07, 6.45) is 4.11. The van der Waals surface area contributed by atoms with E-state index in [9.17, 15) is 14.4 Å². The normalized spacial score (nSPS) is 26.3. The summed E-state index contributed by atoms with van der Waals surface area (Å²) >= 11 is 0. The average molecular weight is 355 g/mol. The van der Waals surface area contributed by atoms with Crippen LogP contribution in [0.3, 0.4) is 0 Å². The number of likely N-dealkylation sites (tertiary alicyclic amines) is 2. The second-order valence-electron chi connectivity index (χ2n) is 7.78. The van der Waals surface area contributed by atoms with E-state index in [1.807, 2.05) is 24.1 Å². The number of rotatable bonds is 2. The summed E-state index contributed by atoms with van der Waals surface area (Å²) in [6, 6.07) is 7.29. The maximum absolute atomic E-state index is 12.9. The lowest BCUT2D eigenvalue weighted by atomic mass is 9.78. The zero-order chi connectivity index (χ0) is 18.3. The lowest BCUT2D eigenvalue weighted by molar-refractivity contribution is -0.143. The third-order valence-corrected chi connectivity index (χ3v) is 6.09. The Labute approximate surface area is 153 Å². The number of benzene rings is 1. The summed E-state index contributed by atoms with van der Waals surface area (Å²) in [5.74, 6) is 0.301. The predicted molar refractivity (Wildman–Crippen MR) is 97.9 cm³/mol. The van der Waals surface area contributed by atoms with Crippen molar-refractivity contribution in [2.24, 2.45) is 5.41 Å². The monoisotopic (exact) mass is 355 g/mol. The van der Waals surface area contributed by atoms with Crippen LogP contribution in [0.4, 0.5) is 5.69 Å². The fourth-order valence-electron chi connectivity index (χ4n) is 4.58. The molecule has 0 aromatic heterocycles. The van der Waals surface area contributed by atoms with Crippen LogP contribution in [-0.4, -0.2) is 60.7 Å². The van der Waals surface area contributed by atoms with Crippen molar-refractivity contribution in [2.45, 2.75) is 32.1 Å². The van der Waals surface area contributed by atoms with Crippen molar-refractivity contribution >= 4 is 23.4 Å². The number of hydrogen-bond acceptors (Lipinski definition) is 3. The van der Waals surface area contributed by atoms with Gasteiger partial charge in [-0.3, -0.25) is 14.4 Å². The fourth-order valence-corrected chi connectivity index (χ4v) is 4.58. The van der Waals surface area contributed by atoms with Gasteiger partial charge in [-0.1, -0.05) is 0 Å². The number of amides is 3. The second-order valence-corrected chi connectivity index (χ2v) is 7.78. The van der Waals surface area contributed by atoms with Crippen LogP contribution in [0.15, 0.2) is 24.3 Å². The SMILES string of the molecule is CN1CCCC2(CCN(C(=O)c3ccc(N4CCCC4=O)cc3)C2)C1=O. The Morgan fingerprint density at radius 2 is 1.77 bits per heavy atom. The molecule has 3 aliphatic heterocycles. The van der Waals surface area contributed by atoms with Crippen molar-refractivity contribution in [3.63, 3.8) is 0 Å². The quantitative estimate of drug-likeness (QED) is 0.814. The van der Waals surface area contributed by atoms with Gasteiger partial charge >= 0.3 is 0 Å². The molecule has 3 saturated heterocycles. The first kappa shape index (κ1) is 17.1. The molecule has 4 rings (SSSR count). The van der Waals surface area contributed by atoms with Gasteiger partial charge in [0.1, 0.15) is 0 Å². The van der Waals surface area contributed by atoms with Gasteiger partial charge in [-0.2, -0.15) is 0 Å². The van der Waals surface area contributed by atoms with E-state index in [0.717, 1.165) is 44.5 Å². The van der Waals surface area contributed by atoms with Crippen LogP contribution in [0.1, 0.15) is 42.5 Å². The molecule has 0 bridgehead atoms. The van der Waals surface area contributed by atoms with E-state index in [2.05, 4.69) is 0 Å². The van der Waals surface area contributed by atoms with Gasteiger partial charge < -0.3 is 14.7 Å². The zero-order valence-corrected chi connectivity index (χ0v) is 15.2. The van der Waals surface area contributed by atoms with Crippen molar-refractivity contribution in [3.05, 3.63) is 29.8 Å². The van der Waals surface area contributed by atoms with Gasteiger partial charge in [0, 0.05) is 50.9 Å². The third kappa shape index (κ3) is 2.77. The highest BCUT2D eigenvalue weighted by atomic mass is 16.2. The smallest absolute Gasteiger partial charge is 0.253 e. The number of anilines is 1. The molecule has 1 atom stereocenters. The number of carbonyl (C=O) groups is 3. The molecular formula is C20H25N3O3. The molecule has 0 saturated carbocycles. The number of piperidine rings is 1. The highest BCUT2D eigenvalue weighted by Crippen LogP contribution is 2.40. The van der Waals surface area contributed by atoms with E-state index in [-0.39, 0.29) is 23.1 Å². The number of nitrogens with zero attached hydrogens (tertiary/aromatic N) is 3. The molecule has 1 aromatic rings. The molecule has 0 aliphatic carbocycles. The predicted octanol–water partition coefficient (Wildman–Crippen LogP) is 1.90. The maximum atomic E-state index is 12.9. The highest BCUT2D eigenvalue weighted by molar-refractivity contribution is 5.98. The first-order chi connectivity index (χ1) is 12.5. The first-order valence-electron chi connectivity index (χ1n) is 9.45. The number of hydrogen-bond donors (Lipinski definition) is 0. The maximum Gasteiger partial charge on any atom is 0.253 e. The average Bonchev–Trinajstić information content (AvgIpc) is 3.27. The van der Waals surface area contributed by atoms with E-state index in [0.29, 0.717) is 25.1 Å². The van der Waals surface area contributed by atoms with Crippen LogP contribution >= 0.6 is 0 Å². The molecule has 3 amide bonds. The summed E-state index contributed by atoms with van der Waals surface area (Å²) in [5.41, 5.74) is 1.09. The van der Waals surface area contributed by atoms with Crippen LogP contribution < -0.4 is 4.90 Å². The molecule has 6 heteroatoms. The van der Waals surface area contributed by atoms with Gasteiger partial charge in [-0.15, -0.1) is 0 Å². The Hall–Kier alpha value is -2.37. The molecule has 1 aromatic carbocycles. The minimum Gasteiger partial charge on any atom is -0.345 e. The summed E-state index contributed by atoms with van der Waals surface area (Å²) < 4.78 is 0. The van der Waals surface area contributed by atoms with Crippen LogP contribution in [0.25, 0.3) is 0 Å². The van der Waals surface area contributed by atoms with E-state index < -0.39 is 0 Å². The van der Waals surface area contributed by atoms with Crippen LogP contribution in [0.5, 0.6) is 0 Å². The Morgan fingerprint density at radius 3 is 2.46 bits per heavy atom. The van der Waals surface area contributed by atoms with E-state index >= 15 is 0 Å². The minimum absolute atomic E-state index is 0.0257. The molecule has 6 nitrogen and oxygen atoms in total. The van der Waals surface area contributed by atoms with Gasteiger partial charge in [-0.25, -0.2) is 0 Å². The van der Waals surface area contributed by atoms with Crippen LogP contribution in [0.2, 0.25) is 0 Å². The molecule has 138 valence electrons. The Bertz CT molecular complexity index is 745. The minimum atomic E-state index is -0.384. The van der Waals surface area contributed by atoms with Gasteiger partial charge in [0.25, 0.3) is 5.91 Å². The molecule has 3 heterocycles. The summed E-state index contributed by atoms with van der Waals surface area (Å²) in [4.78, 5) is 42.7. The van der Waals surface area contributed by atoms with Crippen LogP contribution in [-0.2, 0) is 9.59 Å². The molecule has 0 N–H and O–H groups in total. The molecule has 26 heavy (non-hydrogen) atoms. The largest absolute Gasteiger partial charge is 0.345 e. The summed E-state index contributed by atoms with van der Waals surface area (Å²) in [5, 5.41) is 0. The van der Waals surface area contributed by atoms with Gasteiger partial charge in [0.2, 0.25) is 11.8 Å². The van der Waals surface area contributed by atoms with Crippen LogP contribution in [0, 0.1) is 5.41 Å². The third-order valence-electron chi connectivity index (χ3n) is 6.09. The van der Waals surface area contributed by atoms with Crippen molar-refractivity contribution in [2.75, 3.05) is 38.1 Å². The summed E-state index contributed by atoms with van der Waals surface area (Å²) in [6.45, 7) is 2.70. The molecule has 0 radical (unpaired) electrons. The van der Waals surface area contributed by atoms with E-state index in [1.165, 1.54) is 0 Å². The lowest BCUT2D eigenvalue weighted by Crippen LogP contribution is -2.48. The van der Waals surface area contributed by atoms with Crippen molar-refractivity contribution in [1.82, 2.24) is 9.80 Å². The molecule has 1 unspecified atom stereocenters. The molecule has 3 aliphatic rings. The second kappa shape index (κ2) is 6.41. The lowest BCUT2D eigenvalue weighted by Gasteiger charge is -2.37. The highest BCUT2D eigenvalue weighted by Gasteiger charge is 2.48. The zero-order valence-electron chi connectivity index (χ0n) is 15.2. The molecule has 1 spiro atoms. The van der Waals surface area contributed by atoms with Gasteiger partial charge in [-0.05, 0) is 49.9 Å². The topological polar surface area (TPSA) is 60.9 Å². The van der Waals surface area contributed by atoms with Crippen molar-refractivity contribution < 1.29 is 14.4 Å². The van der Waals surface area contributed by atoms with Crippen molar-refractivity contribution in [3.8, 4) is 0 Å². The Morgan fingerprint density at radius 1 is 1.00 bits per heavy atom. The van der Waals surface area contributed by atoms with Gasteiger partial charge in [0.15, 0.2) is 0 Å².